The van der Waals surface area contributed by atoms with Crippen LogP contribution in [0.25, 0.3) is 0 Å². The van der Waals surface area contributed by atoms with Crippen LogP contribution in [0.15, 0.2) is 17.1 Å². The molecular weight excluding hydrogens is 210 g/mol. The van der Waals surface area contributed by atoms with E-state index >= 15 is 0 Å². The Kier molecular flexibility index (Phi) is 3.97. The highest BCUT2D eigenvalue weighted by Crippen LogP contribution is 2.29. The predicted octanol–water partition coefficient (Wildman–Crippen LogP) is 2.37. The van der Waals surface area contributed by atoms with Gasteiger partial charge in [-0.15, -0.1) is 0 Å². The van der Waals surface area contributed by atoms with Gasteiger partial charge in [-0.05, 0) is 36.1 Å². The van der Waals surface area contributed by atoms with E-state index in [1.54, 1.807) is 0 Å². The zero-order valence-electron chi connectivity index (χ0n) is 9.05. The molecule has 0 fully saturated rings. The molecule has 0 unspecified atom stereocenters. The number of aryl methyl sites for hydroxylation is 2. The standard InChI is InChI=1S/C11H16ClN3/c1-3-7-5-9(12)6-8(4-2)10(7)15-11(13)14/h5-6H,3-4H2,1-2H3,(H4,13,14,15). The van der Waals surface area contributed by atoms with E-state index in [1.165, 1.54) is 0 Å². The molecule has 1 aromatic rings. The lowest BCUT2D eigenvalue weighted by molar-refractivity contribution is 1.08. The van der Waals surface area contributed by atoms with Gasteiger partial charge in [-0.25, -0.2) is 4.99 Å². The van der Waals surface area contributed by atoms with Gasteiger partial charge in [0.25, 0.3) is 0 Å². The second-order valence-corrected chi connectivity index (χ2v) is 3.75. The number of halogens is 1. The Morgan fingerprint density at radius 1 is 1.20 bits per heavy atom. The quantitative estimate of drug-likeness (QED) is 0.613. The number of nitrogens with zero attached hydrogens (tertiary/aromatic N) is 1. The summed E-state index contributed by atoms with van der Waals surface area (Å²) in [7, 11) is 0. The Labute approximate surface area is 95.1 Å². The van der Waals surface area contributed by atoms with E-state index in [-0.39, 0.29) is 5.96 Å². The molecule has 1 aromatic carbocycles. The van der Waals surface area contributed by atoms with Crippen molar-refractivity contribution in [1.29, 1.82) is 0 Å². The van der Waals surface area contributed by atoms with Crippen molar-refractivity contribution in [2.24, 2.45) is 16.5 Å². The van der Waals surface area contributed by atoms with Gasteiger partial charge in [-0.3, -0.25) is 0 Å². The third-order valence-electron chi connectivity index (χ3n) is 2.24. The van der Waals surface area contributed by atoms with E-state index in [4.69, 9.17) is 23.1 Å². The molecule has 3 nitrogen and oxygen atoms in total. The van der Waals surface area contributed by atoms with Crippen molar-refractivity contribution in [3.63, 3.8) is 0 Å². The Bertz CT molecular complexity index is 356. The number of hydrogen-bond acceptors (Lipinski definition) is 1. The summed E-state index contributed by atoms with van der Waals surface area (Å²) in [5.74, 6) is 0.0849. The van der Waals surface area contributed by atoms with Gasteiger partial charge in [0.05, 0.1) is 5.69 Å². The molecule has 0 radical (unpaired) electrons. The fraction of sp³-hybridized carbons (Fsp3) is 0.364. The second-order valence-electron chi connectivity index (χ2n) is 3.32. The van der Waals surface area contributed by atoms with Crippen LogP contribution in [-0.2, 0) is 12.8 Å². The van der Waals surface area contributed by atoms with Gasteiger partial charge in [0.2, 0.25) is 0 Å². The smallest absolute Gasteiger partial charge is 0.191 e. The molecule has 4 heteroatoms. The van der Waals surface area contributed by atoms with E-state index in [9.17, 15) is 0 Å². The molecule has 15 heavy (non-hydrogen) atoms. The zero-order valence-corrected chi connectivity index (χ0v) is 9.80. The third kappa shape index (κ3) is 2.86. The summed E-state index contributed by atoms with van der Waals surface area (Å²) in [6, 6.07) is 3.81. The van der Waals surface area contributed by atoms with E-state index < -0.39 is 0 Å². The third-order valence-corrected chi connectivity index (χ3v) is 2.45. The van der Waals surface area contributed by atoms with Gasteiger partial charge in [0, 0.05) is 5.02 Å². The monoisotopic (exact) mass is 225 g/mol. The molecule has 0 saturated heterocycles. The largest absolute Gasteiger partial charge is 0.370 e. The lowest BCUT2D eigenvalue weighted by Gasteiger charge is -2.09. The van der Waals surface area contributed by atoms with Crippen LogP contribution >= 0.6 is 11.6 Å². The summed E-state index contributed by atoms with van der Waals surface area (Å²) in [6.07, 6.45) is 1.72. The topological polar surface area (TPSA) is 64.4 Å². The number of guanidine groups is 1. The molecule has 0 aliphatic carbocycles. The fourth-order valence-corrected chi connectivity index (χ4v) is 1.79. The normalized spacial score (nSPS) is 10.1. The van der Waals surface area contributed by atoms with Crippen LogP contribution in [0.5, 0.6) is 0 Å². The van der Waals surface area contributed by atoms with Crippen molar-refractivity contribution in [2.75, 3.05) is 0 Å². The van der Waals surface area contributed by atoms with Crippen LogP contribution in [0.4, 0.5) is 5.69 Å². The molecule has 0 saturated carbocycles. The SMILES string of the molecule is CCc1cc(Cl)cc(CC)c1N=C(N)N. The average molecular weight is 226 g/mol. The first-order valence-electron chi connectivity index (χ1n) is 4.99. The molecule has 1 rings (SSSR count). The van der Waals surface area contributed by atoms with Gasteiger partial charge in [-0.1, -0.05) is 25.4 Å². The highest BCUT2D eigenvalue weighted by atomic mass is 35.5. The van der Waals surface area contributed by atoms with Crippen LogP contribution < -0.4 is 11.5 Å². The summed E-state index contributed by atoms with van der Waals surface area (Å²) in [5, 5.41) is 0.734. The van der Waals surface area contributed by atoms with E-state index in [0.717, 1.165) is 34.7 Å². The summed E-state index contributed by atoms with van der Waals surface area (Å²) in [5.41, 5.74) is 13.8. The van der Waals surface area contributed by atoms with Gasteiger partial charge >= 0.3 is 0 Å². The summed E-state index contributed by atoms with van der Waals surface area (Å²) >= 11 is 6.01. The first-order chi connectivity index (χ1) is 7.08. The lowest BCUT2D eigenvalue weighted by atomic mass is 10.0. The predicted molar refractivity (Wildman–Crippen MR) is 65.7 cm³/mol. The first kappa shape index (κ1) is 11.9. The highest BCUT2D eigenvalue weighted by Gasteiger charge is 2.07. The average Bonchev–Trinajstić information content (AvgIpc) is 2.19. The van der Waals surface area contributed by atoms with E-state index in [2.05, 4.69) is 18.8 Å². The Hall–Kier alpha value is -1.22. The number of rotatable bonds is 3. The lowest BCUT2D eigenvalue weighted by Crippen LogP contribution is -2.22. The van der Waals surface area contributed by atoms with Crippen molar-refractivity contribution in [2.45, 2.75) is 26.7 Å². The summed E-state index contributed by atoms with van der Waals surface area (Å²) in [6.45, 7) is 4.10. The number of benzene rings is 1. The van der Waals surface area contributed by atoms with Crippen LogP contribution in [-0.4, -0.2) is 5.96 Å². The van der Waals surface area contributed by atoms with E-state index in [0.29, 0.717) is 0 Å². The Balaban J connectivity index is 3.37. The Morgan fingerprint density at radius 2 is 1.67 bits per heavy atom. The molecule has 0 amide bonds. The molecule has 0 aliphatic rings. The van der Waals surface area contributed by atoms with Crippen LogP contribution in [0, 0.1) is 0 Å². The summed E-state index contributed by atoms with van der Waals surface area (Å²) < 4.78 is 0. The highest BCUT2D eigenvalue weighted by molar-refractivity contribution is 6.30. The molecule has 82 valence electrons. The second kappa shape index (κ2) is 5.03. The van der Waals surface area contributed by atoms with Crippen LogP contribution in [0.1, 0.15) is 25.0 Å². The number of hydrogen-bond donors (Lipinski definition) is 2. The van der Waals surface area contributed by atoms with Crippen molar-refractivity contribution >= 4 is 23.2 Å². The van der Waals surface area contributed by atoms with Crippen LogP contribution in [0.3, 0.4) is 0 Å². The minimum absolute atomic E-state index is 0.0849. The van der Waals surface area contributed by atoms with Gasteiger partial charge < -0.3 is 11.5 Å². The number of aliphatic imine (C=N–C) groups is 1. The first-order valence-corrected chi connectivity index (χ1v) is 5.37. The maximum absolute atomic E-state index is 6.01. The molecule has 0 bridgehead atoms. The molecule has 0 aromatic heterocycles. The van der Waals surface area contributed by atoms with Crippen molar-refractivity contribution in [3.05, 3.63) is 28.3 Å². The molecule has 0 atom stereocenters. The molecule has 0 spiro atoms. The summed E-state index contributed by atoms with van der Waals surface area (Å²) in [4.78, 5) is 4.16. The van der Waals surface area contributed by atoms with Crippen molar-refractivity contribution in [3.8, 4) is 0 Å². The van der Waals surface area contributed by atoms with Gasteiger partial charge in [-0.2, -0.15) is 0 Å². The molecular formula is C11H16ClN3. The number of nitrogens with two attached hydrogens (primary N) is 2. The maximum atomic E-state index is 6.01. The van der Waals surface area contributed by atoms with E-state index in [1.807, 2.05) is 12.1 Å². The van der Waals surface area contributed by atoms with Crippen LogP contribution in [0.2, 0.25) is 5.02 Å². The van der Waals surface area contributed by atoms with Crippen molar-refractivity contribution in [1.82, 2.24) is 0 Å². The molecule has 4 N–H and O–H groups in total. The Morgan fingerprint density at radius 3 is 2.00 bits per heavy atom. The molecule has 0 heterocycles. The van der Waals surface area contributed by atoms with Crippen molar-refractivity contribution < 1.29 is 0 Å². The minimum Gasteiger partial charge on any atom is -0.370 e. The van der Waals surface area contributed by atoms with Gasteiger partial charge in [0.1, 0.15) is 0 Å². The zero-order chi connectivity index (χ0) is 11.4. The minimum atomic E-state index is 0.0849. The fourth-order valence-electron chi connectivity index (χ4n) is 1.53. The maximum Gasteiger partial charge on any atom is 0.191 e. The van der Waals surface area contributed by atoms with Gasteiger partial charge in [0.15, 0.2) is 5.96 Å². The molecule has 0 aliphatic heterocycles.